The molecular formula is C40H41F6N3O6. The number of likely N-dealkylation sites (tertiary alicyclic amines) is 1. The number of carbonyl (C=O) groups is 2. The zero-order valence-corrected chi connectivity index (χ0v) is 30.6. The number of aromatic nitrogens is 1. The molecule has 1 aliphatic rings. The van der Waals surface area contributed by atoms with Gasteiger partial charge in [0.2, 0.25) is 5.91 Å². The number of hydrogen-bond acceptors (Lipinski definition) is 7. The molecule has 1 aliphatic heterocycles. The maximum absolute atomic E-state index is 16.2. The summed E-state index contributed by atoms with van der Waals surface area (Å²) in [4.78, 5) is 42.6. The lowest BCUT2D eigenvalue weighted by Crippen LogP contribution is -2.49. The van der Waals surface area contributed by atoms with Gasteiger partial charge in [-0.2, -0.15) is 13.2 Å². The summed E-state index contributed by atoms with van der Waals surface area (Å²) in [5.74, 6) is -4.11. The van der Waals surface area contributed by atoms with Crippen LogP contribution in [0.1, 0.15) is 69.9 Å². The van der Waals surface area contributed by atoms with Gasteiger partial charge in [0.1, 0.15) is 29.6 Å². The Hall–Kier alpha value is -5.15. The number of alkyl halides is 4. The number of hydrogen-bond donors (Lipinski definition) is 3. The average Bonchev–Trinajstić information content (AvgIpc) is 3.10. The first-order valence-electron chi connectivity index (χ1n) is 17.6. The van der Waals surface area contributed by atoms with E-state index in [9.17, 15) is 42.2 Å². The van der Waals surface area contributed by atoms with Gasteiger partial charge in [0.05, 0.1) is 31.2 Å². The van der Waals surface area contributed by atoms with E-state index in [4.69, 9.17) is 4.74 Å². The van der Waals surface area contributed by atoms with Crippen molar-refractivity contribution in [2.24, 2.45) is 0 Å². The molecule has 2 heterocycles. The van der Waals surface area contributed by atoms with Crippen LogP contribution in [-0.4, -0.2) is 64.0 Å². The standard InChI is InChI=1S/C40H41F6N3O6/c1-5-55-35(53)16-32(29-14-26(12-22(3)37(29)43)36-23(4)21(2)6-9-33(36)51)47-39(54)38(28-13-24(20-50)7-8-31(28)42)49-17-25(10-11-48-18-27(41)19-48)30(15-34(49)52)40(44,45)46/h6-9,12-15,17,27,32,38,50-51H,5,10-11,16,18-20H2,1-4H3,(H,47,54)/t32-,38?/m0/s1. The fraction of sp³-hybridized carbons (Fsp3) is 0.375. The summed E-state index contributed by atoms with van der Waals surface area (Å²) in [5, 5.41) is 23.2. The third kappa shape index (κ3) is 9.05. The Kier molecular flexibility index (Phi) is 12.5. The molecule has 0 radical (unpaired) electrons. The zero-order chi connectivity index (χ0) is 40.4. The number of benzene rings is 3. The molecule has 4 aromatic rings. The van der Waals surface area contributed by atoms with Gasteiger partial charge < -0.3 is 20.3 Å². The number of esters is 1. The van der Waals surface area contributed by atoms with Crippen LogP contribution in [0.15, 0.2) is 59.5 Å². The van der Waals surface area contributed by atoms with Crippen molar-refractivity contribution in [2.75, 3.05) is 26.2 Å². The van der Waals surface area contributed by atoms with E-state index >= 15 is 8.78 Å². The largest absolute Gasteiger partial charge is 0.507 e. The summed E-state index contributed by atoms with van der Waals surface area (Å²) in [6.45, 7) is 5.81. The molecule has 3 N–H and O–H groups in total. The van der Waals surface area contributed by atoms with E-state index in [0.717, 1.165) is 23.9 Å². The van der Waals surface area contributed by atoms with E-state index in [1.54, 1.807) is 17.9 Å². The number of pyridine rings is 1. The molecule has 294 valence electrons. The Morgan fingerprint density at radius 3 is 2.35 bits per heavy atom. The highest BCUT2D eigenvalue weighted by Crippen LogP contribution is 2.38. The van der Waals surface area contributed by atoms with Gasteiger partial charge in [-0.3, -0.25) is 23.9 Å². The molecule has 1 fully saturated rings. The molecule has 1 saturated heterocycles. The van der Waals surface area contributed by atoms with Crippen LogP contribution in [-0.2, 0) is 33.5 Å². The predicted octanol–water partition coefficient (Wildman–Crippen LogP) is 6.53. The highest BCUT2D eigenvalue weighted by molar-refractivity contribution is 5.85. The number of carbonyl (C=O) groups excluding carboxylic acids is 2. The molecule has 0 aliphatic carbocycles. The summed E-state index contributed by atoms with van der Waals surface area (Å²) in [5.41, 5.74) is -1.49. The summed E-state index contributed by atoms with van der Waals surface area (Å²) < 4.78 is 93.8. The molecule has 0 bridgehead atoms. The summed E-state index contributed by atoms with van der Waals surface area (Å²) in [6.07, 6.45) is -6.32. The van der Waals surface area contributed by atoms with Gasteiger partial charge in [-0.1, -0.05) is 12.1 Å². The second-order valence-electron chi connectivity index (χ2n) is 13.6. The minimum atomic E-state index is -5.00. The van der Waals surface area contributed by atoms with Crippen molar-refractivity contribution >= 4 is 11.9 Å². The fourth-order valence-electron chi connectivity index (χ4n) is 6.78. The lowest BCUT2D eigenvalue weighted by Gasteiger charge is -2.34. The monoisotopic (exact) mass is 773 g/mol. The van der Waals surface area contributed by atoms with Crippen molar-refractivity contribution in [3.05, 3.63) is 121 Å². The summed E-state index contributed by atoms with van der Waals surface area (Å²) >= 11 is 0. The number of ether oxygens (including phenoxy) is 1. The normalized spacial score (nSPS) is 14.7. The fourth-order valence-corrected chi connectivity index (χ4v) is 6.78. The molecule has 0 spiro atoms. The van der Waals surface area contributed by atoms with Crippen molar-refractivity contribution in [1.82, 2.24) is 14.8 Å². The Labute approximate surface area is 313 Å². The number of rotatable bonds is 13. The van der Waals surface area contributed by atoms with E-state index in [-0.39, 0.29) is 61.2 Å². The van der Waals surface area contributed by atoms with Gasteiger partial charge in [0.15, 0.2) is 0 Å². The molecule has 1 unspecified atom stereocenters. The third-order valence-corrected chi connectivity index (χ3v) is 9.80. The first-order valence-corrected chi connectivity index (χ1v) is 17.6. The molecule has 2 atom stereocenters. The minimum Gasteiger partial charge on any atom is -0.507 e. The van der Waals surface area contributed by atoms with Crippen LogP contribution in [0.2, 0.25) is 0 Å². The minimum absolute atomic E-state index is 0.00728. The molecule has 9 nitrogen and oxygen atoms in total. The molecule has 3 aromatic carbocycles. The van der Waals surface area contributed by atoms with Crippen LogP contribution in [0.5, 0.6) is 5.75 Å². The van der Waals surface area contributed by atoms with Crippen molar-refractivity contribution in [1.29, 1.82) is 0 Å². The Balaban J connectivity index is 1.68. The van der Waals surface area contributed by atoms with E-state index in [2.05, 4.69) is 5.32 Å². The van der Waals surface area contributed by atoms with E-state index < -0.39 is 83.2 Å². The highest BCUT2D eigenvalue weighted by Gasteiger charge is 2.37. The van der Waals surface area contributed by atoms with Crippen LogP contribution >= 0.6 is 0 Å². The van der Waals surface area contributed by atoms with Crippen molar-refractivity contribution in [3.63, 3.8) is 0 Å². The van der Waals surface area contributed by atoms with Crippen LogP contribution in [0.3, 0.4) is 0 Å². The molecule has 55 heavy (non-hydrogen) atoms. The maximum Gasteiger partial charge on any atom is 0.416 e. The second kappa shape index (κ2) is 16.7. The molecule has 0 saturated carbocycles. The molecule has 5 rings (SSSR count). The van der Waals surface area contributed by atoms with Crippen LogP contribution in [0.4, 0.5) is 26.3 Å². The second-order valence-corrected chi connectivity index (χ2v) is 13.6. The zero-order valence-electron chi connectivity index (χ0n) is 30.6. The van der Waals surface area contributed by atoms with Crippen LogP contribution in [0.25, 0.3) is 11.1 Å². The lowest BCUT2D eigenvalue weighted by atomic mass is 9.90. The van der Waals surface area contributed by atoms with Gasteiger partial charge >= 0.3 is 12.1 Å². The topological polar surface area (TPSA) is 121 Å². The average molecular weight is 774 g/mol. The Bertz CT molecular complexity index is 2150. The van der Waals surface area contributed by atoms with Gasteiger partial charge in [-0.15, -0.1) is 0 Å². The SMILES string of the molecule is CCOC(=O)C[C@H](NC(=O)C(c1cc(CO)ccc1F)n1cc(CCN2CC(F)C2)c(C(F)(F)F)cc1=O)c1cc(-c2c(O)ccc(C)c2C)cc(C)c1F. The lowest BCUT2D eigenvalue weighted by molar-refractivity contribution is -0.144. The van der Waals surface area contributed by atoms with Gasteiger partial charge in [0.25, 0.3) is 5.56 Å². The summed E-state index contributed by atoms with van der Waals surface area (Å²) in [7, 11) is 0. The first kappa shape index (κ1) is 41.0. The number of aliphatic hydroxyl groups is 1. The Morgan fingerprint density at radius 1 is 1.00 bits per heavy atom. The molecule has 15 heteroatoms. The van der Waals surface area contributed by atoms with Crippen LogP contribution < -0.4 is 10.9 Å². The van der Waals surface area contributed by atoms with E-state index in [0.29, 0.717) is 21.3 Å². The van der Waals surface area contributed by atoms with Crippen molar-refractivity contribution in [2.45, 2.75) is 71.6 Å². The van der Waals surface area contributed by atoms with Gasteiger partial charge in [-0.05, 0) is 97.8 Å². The molecule has 1 aromatic heterocycles. The number of nitrogens with zero attached hydrogens (tertiary/aromatic N) is 2. The third-order valence-electron chi connectivity index (χ3n) is 9.80. The first-order chi connectivity index (χ1) is 25.9. The van der Waals surface area contributed by atoms with Crippen molar-refractivity contribution < 1.29 is 50.9 Å². The van der Waals surface area contributed by atoms with Gasteiger partial charge in [0, 0.05) is 48.6 Å². The number of amides is 1. The maximum atomic E-state index is 16.2. The number of phenols is 1. The number of phenolic OH excluding ortho intramolecular Hbond substituents is 1. The smallest absolute Gasteiger partial charge is 0.416 e. The number of nitrogens with one attached hydrogen (secondary N) is 1. The quantitative estimate of drug-likeness (QED) is 0.104. The van der Waals surface area contributed by atoms with E-state index in [1.165, 1.54) is 38.1 Å². The summed E-state index contributed by atoms with van der Waals surface area (Å²) in [6, 6.07) is 5.84. The molecule has 1 amide bonds. The van der Waals surface area contributed by atoms with E-state index in [1.807, 2.05) is 6.92 Å². The Morgan fingerprint density at radius 2 is 1.71 bits per heavy atom. The molecular weight excluding hydrogens is 732 g/mol. The van der Waals surface area contributed by atoms with Gasteiger partial charge in [-0.25, -0.2) is 13.2 Å². The number of halogens is 6. The predicted molar refractivity (Wildman–Crippen MR) is 191 cm³/mol. The number of aryl methyl sites for hydroxylation is 2. The number of aromatic hydroxyl groups is 1. The van der Waals surface area contributed by atoms with Crippen molar-refractivity contribution in [3.8, 4) is 16.9 Å². The number of aliphatic hydroxyl groups excluding tert-OH is 1. The highest BCUT2D eigenvalue weighted by atomic mass is 19.4. The van der Waals surface area contributed by atoms with Crippen LogP contribution in [0, 0.1) is 32.4 Å².